The van der Waals surface area contributed by atoms with Crippen molar-refractivity contribution in [1.82, 2.24) is 19.4 Å². The minimum Gasteiger partial charge on any atom is -0.475 e. The first-order valence-corrected chi connectivity index (χ1v) is 10.4. The summed E-state index contributed by atoms with van der Waals surface area (Å²) in [6, 6.07) is 6.44. The van der Waals surface area contributed by atoms with Gasteiger partial charge in [-0.15, -0.1) is 0 Å². The van der Waals surface area contributed by atoms with Gasteiger partial charge in [-0.3, -0.25) is 4.90 Å². The summed E-state index contributed by atoms with van der Waals surface area (Å²) >= 11 is 0. The lowest BCUT2D eigenvalue weighted by atomic mass is 10.2. The van der Waals surface area contributed by atoms with Gasteiger partial charge in [0, 0.05) is 38.1 Å². The highest BCUT2D eigenvalue weighted by molar-refractivity contribution is 5.73. The number of halogens is 6. The molecule has 2 aromatic rings. The minimum absolute atomic E-state index is 0.570. The molecular weight excluding hydrogens is 504 g/mol. The van der Waals surface area contributed by atoms with Crippen molar-refractivity contribution in [2.75, 3.05) is 25.1 Å². The number of pyridine rings is 1. The first kappa shape index (κ1) is 28.8. The third-order valence-electron chi connectivity index (χ3n) is 4.90. The third kappa shape index (κ3) is 9.33. The third-order valence-corrected chi connectivity index (χ3v) is 4.90. The fourth-order valence-electron chi connectivity index (χ4n) is 3.19. The number of hydrogen-bond donors (Lipinski definition) is 3. The lowest BCUT2D eigenvalue weighted by Crippen LogP contribution is -2.41. The van der Waals surface area contributed by atoms with Gasteiger partial charge in [0.2, 0.25) is 0 Å². The van der Waals surface area contributed by atoms with Crippen molar-refractivity contribution >= 4 is 17.8 Å². The Balaban J connectivity index is 0.000000271. The highest BCUT2D eigenvalue weighted by atomic mass is 19.4. The van der Waals surface area contributed by atoms with Gasteiger partial charge in [-0.2, -0.15) is 26.3 Å². The van der Waals surface area contributed by atoms with E-state index < -0.39 is 24.3 Å². The molecule has 0 spiro atoms. The summed E-state index contributed by atoms with van der Waals surface area (Å²) in [5.41, 5.74) is 1.07. The fourth-order valence-corrected chi connectivity index (χ4v) is 3.19. The average molecular weight is 527 g/mol. The van der Waals surface area contributed by atoms with Crippen LogP contribution < -0.4 is 5.32 Å². The molecule has 200 valence electrons. The van der Waals surface area contributed by atoms with E-state index in [1.807, 2.05) is 18.2 Å². The number of fused-ring (bicyclic) bond motifs is 1. The van der Waals surface area contributed by atoms with E-state index in [4.69, 9.17) is 29.5 Å². The molecular formula is C20H23F6N5O5. The van der Waals surface area contributed by atoms with Crippen molar-refractivity contribution in [1.29, 1.82) is 0 Å². The highest BCUT2D eigenvalue weighted by Crippen LogP contribution is 2.20. The van der Waals surface area contributed by atoms with E-state index in [1.54, 1.807) is 6.20 Å². The Kier molecular flexibility index (Phi) is 10.0. The molecule has 2 aromatic heterocycles. The van der Waals surface area contributed by atoms with E-state index in [9.17, 15) is 26.3 Å². The minimum atomic E-state index is -5.08. The van der Waals surface area contributed by atoms with Crippen LogP contribution in [0.3, 0.4) is 0 Å². The van der Waals surface area contributed by atoms with E-state index in [2.05, 4.69) is 26.0 Å². The van der Waals surface area contributed by atoms with Crippen LogP contribution in [0.2, 0.25) is 0 Å². The maximum absolute atomic E-state index is 10.6. The fraction of sp³-hybridized carbons (Fsp3) is 0.500. The molecule has 1 fully saturated rings. The van der Waals surface area contributed by atoms with Crippen LogP contribution in [0.25, 0.3) is 0 Å². The van der Waals surface area contributed by atoms with Crippen LogP contribution in [-0.2, 0) is 34.0 Å². The Hall–Kier alpha value is -3.40. The Labute approximate surface area is 200 Å². The Morgan fingerprint density at radius 1 is 1.08 bits per heavy atom. The van der Waals surface area contributed by atoms with E-state index in [0.717, 1.165) is 56.6 Å². The molecule has 0 bridgehead atoms. The first-order valence-electron chi connectivity index (χ1n) is 10.4. The van der Waals surface area contributed by atoms with Crippen LogP contribution in [0.5, 0.6) is 0 Å². The van der Waals surface area contributed by atoms with E-state index in [1.165, 1.54) is 0 Å². The molecule has 16 heteroatoms. The number of alkyl halides is 6. The van der Waals surface area contributed by atoms with Gasteiger partial charge in [-0.05, 0) is 18.6 Å². The summed E-state index contributed by atoms with van der Waals surface area (Å²) < 4.78 is 71.3. The van der Waals surface area contributed by atoms with Gasteiger partial charge < -0.3 is 24.8 Å². The summed E-state index contributed by atoms with van der Waals surface area (Å²) in [4.78, 5) is 29.3. The van der Waals surface area contributed by atoms with Gasteiger partial charge in [0.1, 0.15) is 11.6 Å². The number of carboxylic acids is 2. The largest absolute Gasteiger partial charge is 0.490 e. The van der Waals surface area contributed by atoms with Crippen LogP contribution in [0.15, 0.2) is 30.6 Å². The number of carbonyl (C=O) groups is 2. The summed E-state index contributed by atoms with van der Waals surface area (Å²) in [7, 11) is 0. The Bertz CT molecular complexity index is 969. The molecule has 0 aliphatic carbocycles. The number of aromatic nitrogens is 3. The van der Waals surface area contributed by atoms with Gasteiger partial charge in [0.05, 0.1) is 25.4 Å². The molecule has 4 rings (SSSR count). The van der Waals surface area contributed by atoms with Crippen molar-refractivity contribution in [3.8, 4) is 0 Å². The van der Waals surface area contributed by atoms with Crippen molar-refractivity contribution in [3.05, 3.63) is 42.1 Å². The molecule has 0 aromatic carbocycles. The van der Waals surface area contributed by atoms with Crippen molar-refractivity contribution in [2.24, 2.45) is 0 Å². The van der Waals surface area contributed by atoms with Crippen molar-refractivity contribution < 1.29 is 50.9 Å². The lowest BCUT2D eigenvalue weighted by Gasteiger charge is -2.31. The monoisotopic (exact) mass is 527 g/mol. The molecule has 36 heavy (non-hydrogen) atoms. The van der Waals surface area contributed by atoms with Gasteiger partial charge in [0.25, 0.3) is 0 Å². The maximum atomic E-state index is 10.6. The summed E-state index contributed by atoms with van der Waals surface area (Å²) in [5, 5.41) is 17.6. The number of ether oxygens (including phenoxy) is 1. The number of aliphatic carboxylic acids is 2. The predicted octanol–water partition coefficient (Wildman–Crippen LogP) is 2.76. The van der Waals surface area contributed by atoms with Crippen LogP contribution in [0, 0.1) is 0 Å². The topological polar surface area (TPSA) is 130 Å². The number of rotatable bonds is 4. The second-order valence-corrected chi connectivity index (χ2v) is 7.50. The van der Waals surface area contributed by atoms with Crippen LogP contribution in [0.4, 0.5) is 32.2 Å². The van der Waals surface area contributed by atoms with E-state index in [-0.39, 0.29) is 0 Å². The second kappa shape index (κ2) is 12.5. The molecule has 0 amide bonds. The lowest BCUT2D eigenvalue weighted by molar-refractivity contribution is -0.193. The zero-order chi connectivity index (χ0) is 26.9. The quantitative estimate of drug-likeness (QED) is 0.514. The van der Waals surface area contributed by atoms with Gasteiger partial charge >= 0.3 is 24.3 Å². The van der Waals surface area contributed by atoms with Crippen molar-refractivity contribution in [2.45, 2.75) is 44.4 Å². The second-order valence-electron chi connectivity index (χ2n) is 7.50. The number of imidazole rings is 1. The molecule has 0 saturated carbocycles. The number of carboxylic acid groups (broad SMARTS) is 2. The van der Waals surface area contributed by atoms with Crippen LogP contribution in [0.1, 0.15) is 17.9 Å². The standard InChI is InChI=1S/C16H21N5O.2C2HF3O2/c1-2-5-17-15(3-1)18-9-13-10-21-7-6-20(11-16(21)19-13)14-4-8-22-12-14;2*3-2(4,5)1(6)7/h1-3,5,10,14H,4,6-9,11-12H2,(H,17,18);2*(H,6,7). The summed E-state index contributed by atoms with van der Waals surface area (Å²) in [6.45, 7) is 5.51. The van der Waals surface area contributed by atoms with Gasteiger partial charge in [0.15, 0.2) is 0 Å². The zero-order valence-electron chi connectivity index (χ0n) is 18.6. The summed E-state index contributed by atoms with van der Waals surface area (Å²) in [6.07, 6.45) is -5.06. The predicted molar refractivity (Wildman–Crippen MR) is 111 cm³/mol. The molecule has 1 saturated heterocycles. The zero-order valence-corrected chi connectivity index (χ0v) is 18.6. The Morgan fingerprint density at radius 2 is 1.72 bits per heavy atom. The molecule has 10 nitrogen and oxygen atoms in total. The molecule has 0 radical (unpaired) electrons. The number of anilines is 1. The van der Waals surface area contributed by atoms with E-state index >= 15 is 0 Å². The molecule has 2 aliphatic heterocycles. The maximum Gasteiger partial charge on any atom is 0.490 e. The van der Waals surface area contributed by atoms with Gasteiger partial charge in [-0.1, -0.05) is 6.07 Å². The average Bonchev–Trinajstić information content (AvgIpc) is 3.47. The summed E-state index contributed by atoms with van der Waals surface area (Å²) in [5.74, 6) is -3.46. The van der Waals surface area contributed by atoms with Crippen molar-refractivity contribution in [3.63, 3.8) is 0 Å². The SMILES string of the molecule is O=C(O)C(F)(F)F.O=C(O)C(F)(F)F.c1ccc(NCc2cn3c(n2)CN(C2CCOC2)CC3)nc1. The molecule has 1 unspecified atom stereocenters. The molecule has 2 aliphatic rings. The normalized spacial score (nSPS) is 17.7. The first-order chi connectivity index (χ1) is 16.8. The number of nitrogens with zero attached hydrogens (tertiary/aromatic N) is 4. The molecule has 3 N–H and O–H groups in total. The van der Waals surface area contributed by atoms with Crippen LogP contribution in [-0.4, -0.2) is 79.7 Å². The van der Waals surface area contributed by atoms with E-state index in [0.29, 0.717) is 12.6 Å². The number of nitrogens with one attached hydrogen (secondary N) is 1. The van der Waals surface area contributed by atoms with Gasteiger partial charge in [-0.25, -0.2) is 19.6 Å². The molecule has 4 heterocycles. The smallest absolute Gasteiger partial charge is 0.475 e. The highest BCUT2D eigenvalue weighted by Gasteiger charge is 2.38. The number of hydrogen-bond acceptors (Lipinski definition) is 7. The van der Waals surface area contributed by atoms with Crippen LogP contribution >= 0.6 is 0 Å². The Morgan fingerprint density at radius 3 is 2.22 bits per heavy atom. The molecule has 1 atom stereocenters.